The number of ketones is 1. The number of thiophene rings is 1. The first-order valence-corrected chi connectivity index (χ1v) is 12.0. The monoisotopic (exact) mass is 463 g/mol. The van der Waals surface area contributed by atoms with Crippen LogP contribution in [0.5, 0.6) is 0 Å². The van der Waals surface area contributed by atoms with Gasteiger partial charge in [0.1, 0.15) is 14.8 Å². The Morgan fingerprint density at radius 3 is 2.33 bits per heavy atom. The van der Waals surface area contributed by atoms with Crippen molar-refractivity contribution >= 4 is 49.2 Å². The second-order valence-electron chi connectivity index (χ2n) is 6.58. The number of carbonyl (C=O) groups excluding carboxylic acids is 1. The lowest BCUT2D eigenvalue weighted by atomic mass is 10.1. The Hall–Kier alpha value is -2.39. The Morgan fingerprint density at radius 2 is 1.70 bits per heavy atom. The number of benzene rings is 2. The number of nitrogens with two attached hydrogens (primary N) is 2. The summed E-state index contributed by atoms with van der Waals surface area (Å²) in [5.74, 6) is -0.319. The minimum Gasteiger partial charge on any atom is -0.396 e. The summed E-state index contributed by atoms with van der Waals surface area (Å²) >= 11 is 6.95. The van der Waals surface area contributed by atoms with E-state index in [1.165, 1.54) is 24.3 Å². The third-order valence-electron chi connectivity index (χ3n) is 4.45. The molecule has 9 heteroatoms. The topological polar surface area (TPSA) is 115 Å². The first kappa shape index (κ1) is 22.3. The molecule has 2 aromatic carbocycles. The van der Waals surface area contributed by atoms with Gasteiger partial charge in [0, 0.05) is 17.1 Å². The van der Waals surface area contributed by atoms with Gasteiger partial charge in [-0.05, 0) is 43.7 Å². The fourth-order valence-corrected chi connectivity index (χ4v) is 5.99. The van der Waals surface area contributed by atoms with E-state index in [0.717, 1.165) is 24.2 Å². The molecule has 0 amide bonds. The molecule has 1 aromatic heterocycles. The third-order valence-corrected chi connectivity index (χ3v) is 7.85. The highest BCUT2D eigenvalue weighted by molar-refractivity contribution is 7.92. The lowest BCUT2D eigenvalue weighted by Crippen LogP contribution is -2.10. The summed E-state index contributed by atoms with van der Waals surface area (Å²) in [5, 5.41) is 3.90. The van der Waals surface area contributed by atoms with E-state index >= 15 is 0 Å². The van der Waals surface area contributed by atoms with E-state index < -0.39 is 9.84 Å². The van der Waals surface area contributed by atoms with E-state index in [2.05, 4.69) is 5.32 Å². The molecule has 3 rings (SSSR count). The van der Waals surface area contributed by atoms with Gasteiger partial charge in [0.25, 0.3) is 0 Å². The molecule has 0 radical (unpaired) electrons. The molecule has 0 aliphatic heterocycles. The van der Waals surface area contributed by atoms with Gasteiger partial charge >= 0.3 is 0 Å². The second kappa shape index (κ2) is 9.61. The summed E-state index contributed by atoms with van der Waals surface area (Å²) in [6.07, 6.45) is 1.56. The SMILES string of the molecule is NCCCCNc1sc(C(=O)c2ccccc2)c(N)c1S(=O)(=O)c1ccc(Cl)cc1. The highest BCUT2D eigenvalue weighted by atomic mass is 35.5. The van der Waals surface area contributed by atoms with Crippen molar-refractivity contribution in [1.29, 1.82) is 0 Å². The van der Waals surface area contributed by atoms with Crippen molar-refractivity contribution in [3.8, 4) is 0 Å². The molecule has 0 saturated heterocycles. The number of rotatable bonds is 9. The molecule has 0 saturated carbocycles. The zero-order valence-electron chi connectivity index (χ0n) is 16.1. The molecular weight excluding hydrogens is 442 g/mol. The fraction of sp³-hybridized carbons (Fsp3) is 0.190. The van der Waals surface area contributed by atoms with Crippen molar-refractivity contribution in [3.05, 3.63) is 70.1 Å². The third kappa shape index (κ3) is 4.67. The van der Waals surface area contributed by atoms with Gasteiger partial charge in [-0.3, -0.25) is 4.79 Å². The number of sulfone groups is 1. The molecule has 0 fully saturated rings. The molecule has 158 valence electrons. The zero-order valence-corrected chi connectivity index (χ0v) is 18.5. The largest absolute Gasteiger partial charge is 0.396 e. The lowest BCUT2D eigenvalue weighted by Gasteiger charge is -2.09. The zero-order chi connectivity index (χ0) is 21.7. The number of halogens is 1. The summed E-state index contributed by atoms with van der Waals surface area (Å²) in [4.78, 5) is 13.2. The van der Waals surface area contributed by atoms with E-state index in [4.69, 9.17) is 23.1 Å². The maximum absolute atomic E-state index is 13.4. The van der Waals surface area contributed by atoms with Crippen LogP contribution in [0, 0.1) is 0 Å². The van der Waals surface area contributed by atoms with E-state index in [0.29, 0.717) is 28.7 Å². The van der Waals surface area contributed by atoms with Crippen LogP contribution in [0.25, 0.3) is 0 Å². The molecule has 0 aliphatic carbocycles. The van der Waals surface area contributed by atoms with Crippen LogP contribution in [-0.2, 0) is 9.84 Å². The van der Waals surface area contributed by atoms with Gasteiger partial charge in [0.15, 0.2) is 0 Å². The van der Waals surface area contributed by atoms with Gasteiger partial charge in [0.05, 0.1) is 10.6 Å². The van der Waals surface area contributed by atoms with Crippen LogP contribution in [0.3, 0.4) is 0 Å². The van der Waals surface area contributed by atoms with Crippen LogP contribution in [0.4, 0.5) is 10.7 Å². The highest BCUT2D eigenvalue weighted by Crippen LogP contribution is 2.42. The van der Waals surface area contributed by atoms with Crippen molar-refractivity contribution in [2.24, 2.45) is 5.73 Å². The summed E-state index contributed by atoms with van der Waals surface area (Å²) in [7, 11) is -3.97. The minimum atomic E-state index is -3.97. The number of unbranched alkanes of at least 4 members (excludes halogenated alkanes) is 1. The fourth-order valence-electron chi connectivity index (χ4n) is 2.90. The quantitative estimate of drug-likeness (QED) is 0.323. The summed E-state index contributed by atoms with van der Waals surface area (Å²) in [5.41, 5.74) is 12.2. The van der Waals surface area contributed by atoms with Gasteiger partial charge in [-0.15, -0.1) is 11.3 Å². The number of carbonyl (C=O) groups is 1. The van der Waals surface area contributed by atoms with Crippen LogP contribution < -0.4 is 16.8 Å². The average Bonchev–Trinajstić information content (AvgIpc) is 3.08. The van der Waals surface area contributed by atoms with E-state index in [9.17, 15) is 13.2 Å². The Kier molecular flexibility index (Phi) is 7.14. The lowest BCUT2D eigenvalue weighted by molar-refractivity contribution is 0.104. The summed E-state index contributed by atoms with van der Waals surface area (Å²) < 4.78 is 26.7. The van der Waals surface area contributed by atoms with Crippen molar-refractivity contribution in [2.45, 2.75) is 22.6 Å². The van der Waals surface area contributed by atoms with Gasteiger partial charge in [-0.25, -0.2) is 8.42 Å². The molecule has 0 aliphatic rings. The number of nitrogen functional groups attached to an aromatic ring is 1. The van der Waals surface area contributed by atoms with Crippen LogP contribution in [0.2, 0.25) is 5.02 Å². The number of hydrogen-bond donors (Lipinski definition) is 3. The van der Waals surface area contributed by atoms with Gasteiger partial charge in [0.2, 0.25) is 15.6 Å². The summed E-state index contributed by atoms with van der Waals surface area (Å²) in [6.45, 7) is 1.06. The van der Waals surface area contributed by atoms with Gasteiger partial charge in [-0.2, -0.15) is 0 Å². The van der Waals surface area contributed by atoms with E-state index in [1.807, 2.05) is 0 Å². The van der Waals surface area contributed by atoms with E-state index in [1.54, 1.807) is 30.3 Å². The van der Waals surface area contributed by atoms with Crippen molar-refractivity contribution in [1.82, 2.24) is 0 Å². The Labute approximate surface area is 184 Å². The number of hydrogen-bond acceptors (Lipinski definition) is 7. The highest BCUT2D eigenvalue weighted by Gasteiger charge is 2.31. The van der Waals surface area contributed by atoms with Gasteiger partial charge < -0.3 is 16.8 Å². The molecule has 6 nitrogen and oxygen atoms in total. The van der Waals surface area contributed by atoms with E-state index in [-0.39, 0.29) is 26.1 Å². The molecule has 3 aromatic rings. The average molecular weight is 464 g/mol. The molecule has 30 heavy (non-hydrogen) atoms. The minimum absolute atomic E-state index is 0.0508. The molecule has 1 heterocycles. The maximum atomic E-state index is 13.4. The Bertz CT molecular complexity index is 1130. The molecule has 0 unspecified atom stereocenters. The van der Waals surface area contributed by atoms with Crippen LogP contribution in [-0.4, -0.2) is 27.3 Å². The predicted molar refractivity (Wildman–Crippen MR) is 122 cm³/mol. The number of nitrogens with one attached hydrogen (secondary N) is 1. The summed E-state index contributed by atoms with van der Waals surface area (Å²) in [6, 6.07) is 14.5. The van der Waals surface area contributed by atoms with Crippen molar-refractivity contribution in [2.75, 3.05) is 24.1 Å². The molecule has 0 spiro atoms. The van der Waals surface area contributed by atoms with Crippen molar-refractivity contribution < 1.29 is 13.2 Å². The molecule has 0 atom stereocenters. The first-order valence-electron chi connectivity index (χ1n) is 9.33. The maximum Gasteiger partial charge on any atom is 0.211 e. The normalized spacial score (nSPS) is 11.4. The molecule has 0 bridgehead atoms. The Balaban J connectivity index is 2.08. The van der Waals surface area contributed by atoms with Crippen LogP contribution >= 0.6 is 22.9 Å². The standard InChI is InChI=1S/C21H22ClN3O3S2/c22-15-8-10-16(11-9-15)30(27,28)20-17(24)19(18(26)14-6-2-1-3-7-14)29-21(20)25-13-5-4-12-23/h1-3,6-11,25H,4-5,12-13,23-24H2. The molecule has 5 N–H and O–H groups in total. The second-order valence-corrected chi connectivity index (χ2v) is 9.92. The predicted octanol–water partition coefficient (Wildman–Crippen LogP) is 4.20. The van der Waals surface area contributed by atoms with Gasteiger partial charge in [-0.1, -0.05) is 41.9 Å². The first-order chi connectivity index (χ1) is 14.4. The number of anilines is 2. The Morgan fingerprint density at radius 1 is 1.03 bits per heavy atom. The van der Waals surface area contributed by atoms with Crippen LogP contribution in [0.15, 0.2) is 64.4 Å². The van der Waals surface area contributed by atoms with Crippen molar-refractivity contribution in [3.63, 3.8) is 0 Å². The van der Waals surface area contributed by atoms with Crippen LogP contribution in [0.1, 0.15) is 28.1 Å². The molecular formula is C21H22ClN3O3S2. The smallest absolute Gasteiger partial charge is 0.211 e.